The second-order valence-corrected chi connectivity index (χ2v) is 6.86. The molecule has 4 rings (SSSR count). The summed E-state index contributed by atoms with van der Waals surface area (Å²) in [7, 11) is 0. The Morgan fingerprint density at radius 1 is 1.32 bits per heavy atom. The first-order valence-corrected chi connectivity index (χ1v) is 8.84. The maximum absolute atomic E-state index is 12.6. The van der Waals surface area contributed by atoms with Crippen molar-refractivity contribution >= 4 is 17.5 Å². The molecule has 25 heavy (non-hydrogen) atoms. The first-order valence-electron chi connectivity index (χ1n) is 8.84. The number of anilines is 1. The topological polar surface area (TPSA) is 67.2 Å². The molecule has 1 N–H and O–H groups in total. The number of carbonyl (C=O) groups excluding carboxylic acids is 2. The highest BCUT2D eigenvalue weighted by Crippen LogP contribution is 2.22. The Morgan fingerprint density at radius 3 is 3.00 bits per heavy atom. The van der Waals surface area contributed by atoms with E-state index in [1.54, 1.807) is 11.0 Å². The van der Waals surface area contributed by atoms with Gasteiger partial charge in [-0.25, -0.2) is 4.98 Å². The second kappa shape index (κ2) is 6.35. The summed E-state index contributed by atoms with van der Waals surface area (Å²) in [5.74, 6) is 1.14. The number of benzene rings is 1. The van der Waals surface area contributed by atoms with Crippen molar-refractivity contribution < 1.29 is 9.59 Å². The van der Waals surface area contributed by atoms with Gasteiger partial charge in [0, 0.05) is 49.4 Å². The van der Waals surface area contributed by atoms with Gasteiger partial charge in [0.05, 0.1) is 5.69 Å². The van der Waals surface area contributed by atoms with E-state index in [0.717, 1.165) is 49.6 Å². The van der Waals surface area contributed by atoms with E-state index in [2.05, 4.69) is 14.9 Å². The fourth-order valence-electron chi connectivity index (χ4n) is 3.71. The van der Waals surface area contributed by atoms with Crippen LogP contribution in [-0.2, 0) is 17.8 Å². The molecule has 6 nitrogen and oxygen atoms in total. The molecule has 0 aliphatic carbocycles. The second-order valence-electron chi connectivity index (χ2n) is 6.86. The average molecular weight is 338 g/mol. The molecular weight excluding hydrogens is 316 g/mol. The van der Waals surface area contributed by atoms with Crippen molar-refractivity contribution in [1.82, 2.24) is 14.9 Å². The lowest BCUT2D eigenvalue weighted by molar-refractivity contribution is -0.117. The Labute approximate surface area is 146 Å². The number of aryl methyl sites for hydroxylation is 2. The zero-order valence-corrected chi connectivity index (χ0v) is 14.4. The molecule has 130 valence electrons. The fraction of sp³-hybridized carbons (Fsp3) is 0.421. The van der Waals surface area contributed by atoms with Crippen molar-refractivity contribution in [2.45, 2.75) is 45.2 Å². The Kier molecular flexibility index (Phi) is 4.03. The number of nitrogens with one attached hydrogen (secondary N) is 1. The van der Waals surface area contributed by atoms with E-state index >= 15 is 0 Å². The Hall–Kier alpha value is -2.63. The smallest absolute Gasteiger partial charge is 0.251 e. The summed E-state index contributed by atoms with van der Waals surface area (Å²) in [5.41, 5.74) is 2.43. The number of carbonyl (C=O) groups is 2. The van der Waals surface area contributed by atoms with Crippen molar-refractivity contribution in [3.8, 4) is 0 Å². The number of nitrogens with zero attached hydrogens (tertiary/aromatic N) is 3. The predicted molar refractivity (Wildman–Crippen MR) is 94.6 cm³/mol. The van der Waals surface area contributed by atoms with Gasteiger partial charge in [0.1, 0.15) is 5.82 Å². The molecule has 1 aromatic heterocycles. The summed E-state index contributed by atoms with van der Waals surface area (Å²) in [6.45, 7) is 3.48. The first kappa shape index (κ1) is 15.9. The van der Waals surface area contributed by atoms with Crippen LogP contribution in [0.4, 0.5) is 5.69 Å². The third-order valence-corrected chi connectivity index (χ3v) is 4.94. The summed E-state index contributed by atoms with van der Waals surface area (Å²) in [6, 6.07) is 7.45. The van der Waals surface area contributed by atoms with Crippen LogP contribution in [0.2, 0.25) is 0 Å². The number of aromatic nitrogens is 2. The van der Waals surface area contributed by atoms with Crippen molar-refractivity contribution in [2.24, 2.45) is 0 Å². The number of imidazole rings is 1. The number of amides is 2. The molecule has 0 radical (unpaired) electrons. The molecule has 0 spiro atoms. The van der Waals surface area contributed by atoms with Gasteiger partial charge in [-0.1, -0.05) is 6.07 Å². The molecule has 2 amide bonds. The highest BCUT2D eigenvalue weighted by atomic mass is 16.2. The van der Waals surface area contributed by atoms with E-state index in [1.807, 2.05) is 31.3 Å². The SMILES string of the molecule is Cc1cn2c(n1)CCC(NC(=O)c1cccc(N3CCCC3=O)c1)C2. The van der Waals surface area contributed by atoms with Gasteiger partial charge in [-0.15, -0.1) is 0 Å². The molecule has 3 heterocycles. The van der Waals surface area contributed by atoms with Crippen LogP contribution in [0.25, 0.3) is 0 Å². The van der Waals surface area contributed by atoms with Crippen molar-refractivity contribution in [3.05, 3.63) is 47.5 Å². The van der Waals surface area contributed by atoms with E-state index in [9.17, 15) is 9.59 Å². The minimum atomic E-state index is -0.0845. The van der Waals surface area contributed by atoms with Crippen LogP contribution in [0.15, 0.2) is 30.5 Å². The third kappa shape index (κ3) is 3.16. The standard InChI is InChI=1S/C19H22N4O2/c1-13-11-22-12-15(7-8-17(22)20-13)21-19(25)14-4-2-5-16(10-14)23-9-3-6-18(23)24/h2,4-5,10-11,15H,3,6-9,12H2,1H3,(H,21,25). The molecule has 1 unspecified atom stereocenters. The molecular formula is C19H22N4O2. The van der Waals surface area contributed by atoms with Gasteiger partial charge in [0.15, 0.2) is 0 Å². The number of hydrogen-bond donors (Lipinski definition) is 1. The van der Waals surface area contributed by atoms with Crippen LogP contribution < -0.4 is 10.2 Å². The van der Waals surface area contributed by atoms with E-state index in [-0.39, 0.29) is 17.9 Å². The zero-order valence-electron chi connectivity index (χ0n) is 14.4. The molecule has 6 heteroatoms. The lowest BCUT2D eigenvalue weighted by Gasteiger charge is -2.25. The number of fused-ring (bicyclic) bond motifs is 1. The van der Waals surface area contributed by atoms with Crippen LogP contribution in [0.3, 0.4) is 0 Å². The van der Waals surface area contributed by atoms with Crippen LogP contribution in [0.5, 0.6) is 0 Å². The molecule has 0 saturated carbocycles. The highest BCUT2D eigenvalue weighted by Gasteiger charge is 2.24. The molecule has 2 aliphatic heterocycles. The monoisotopic (exact) mass is 338 g/mol. The largest absolute Gasteiger partial charge is 0.347 e. The lowest BCUT2D eigenvalue weighted by Crippen LogP contribution is -2.41. The summed E-state index contributed by atoms with van der Waals surface area (Å²) < 4.78 is 2.13. The van der Waals surface area contributed by atoms with Crippen LogP contribution in [0.1, 0.15) is 41.1 Å². The van der Waals surface area contributed by atoms with Gasteiger partial charge in [-0.2, -0.15) is 0 Å². The van der Waals surface area contributed by atoms with Gasteiger partial charge >= 0.3 is 0 Å². The Balaban J connectivity index is 1.46. The maximum atomic E-state index is 12.6. The van der Waals surface area contributed by atoms with Crippen LogP contribution in [-0.4, -0.2) is 34.0 Å². The number of rotatable bonds is 3. The highest BCUT2D eigenvalue weighted by molar-refractivity contribution is 5.99. The molecule has 1 atom stereocenters. The van der Waals surface area contributed by atoms with Gasteiger partial charge in [0.25, 0.3) is 5.91 Å². The summed E-state index contributed by atoms with van der Waals surface area (Å²) >= 11 is 0. The molecule has 1 saturated heterocycles. The summed E-state index contributed by atoms with van der Waals surface area (Å²) in [4.78, 5) is 30.8. The van der Waals surface area contributed by atoms with Gasteiger partial charge in [-0.3, -0.25) is 9.59 Å². The molecule has 2 aliphatic rings. The molecule has 1 fully saturated rings. The van der Waals surface area contributed by atoms with Gasteiger partial charge < -0.3 is 14.8 Å². The lowest BCUT2D eigenvalue weighted by atomic mass is 10.1. The fourth-order valence-corrected chi connectivity index (χ4v) is 3.71. The Bertz CT molecular complexity index is 827. The maximum Gasteiger partial charge on any atom is 0.251 e. The van der Waals surface area contributed by atoms with Gasteiger partial charge in [-0.05, 0) is 38.0 Å². The van der Waals surface area contributed by atoms with E-state index < -0.39 is 0 Å². The van der Waals surface area contributed by atoms with E-state index in [0.29, 0.717) is 12.0 Å². The van der Waals surface area contributed by atoms with Crippen molar-refractivity contribution in [2.75, 3.05) is 11.4 Å². The van der Waals surface area contributed by atoms with Crippen molar-refractivity contribution in [1.29, 1.82) is 0 Å². The van der Waals surface area contributed by atoms with E-state index in [1.165, 1.54) is 0 Å². The van der Waals surface area contributed by atoms with Crippen LogP contribution >= 0.6 is 0 Å². The van der Waals surface area contributed by atoms with Crippen LogP contribution in [0, 0.1) is 6.92 Å². The first-order chi connectivity index (χ1) is 12.1. The molecule has 1 aromatic carbocycles. The van der Waals surface area contributed by atoms with Gasteiger partial charge in [0.2, 0.25) is 5.91 Å². The Morgan fingerprint density at radius 2 is 2.20 bits per heavy atom. The average Bonchev–Trinajstić information content (AvgIpc) is 3.19. The quantitative estimate of drug-likeness (QED) is 0.931. The predicted octanol–water partition coefficient (Wildman–Crippen LogP) is 2.06. The van der Waals surface area contributed by atoms with Crippen molar-refractivity contribution in [3.63, 3.8) is 0 Å². The summed E-state index contributed by atoms with van der Waals surface area (Å²) in [6.07, 6.45) is 5.27. The summed E-state index contributed by atoms with van der Waals surface area (Å²) in [5, 5.41) is 3.12. The minimum absolute atomic E-state index is 0.0845. The third-order valence-electron chi connectivity index (χ3n) is 4.94. The van der Waals surface area contributed by atoms with E-state index in [4.69, 9.17) is 0 Å². The molecule has 2 aromatic rings. The minimum Gasteiger partial charge on any atom is -0.347 e. The zero-order chi connectivity index (χ0) is 17.4. The number of hydrogen-bond acceptors (Lipinski definition) is 3. The molecule has 0 bridgehead atoms. The normalized spacial score (nSPS) is 19.8.